The molecule has 0 bridgehead atoms. The molecule has 1 aromatic carbocycles. The summed E-state index contributed by atoms with van der Waals surface area (Å²) in [6.07, 6.45) is 0. The highest BCUT2D eigenvalue weighted by Crippen LogP contribution is 2.39. The van der Waals surface area contributed by atoms with Crippen molar-refractivity contribution in [3.05, 3.63) is 24.6 Å². The van der Waals surface area contributed by atoms with Crippen molar-refractivity contribution in [1.82, 2.24) is 0 Å². The number of ether oxygens (including phenoxy) is 3. The lowest BCUT2D eigenvalue weighted by molar-refractivity contribution is 0.323. The molecule has 3 nitrogen and oxygen atoms in total. The smallest absolute Gasteiger partial charge is 0.203 e. The maximum atomic E-state index is 5.24. The minimum Gasteiger partial charge on any atom is -0.493 e. The van der Waals surface area contributed by atoms with Crippen molar-refractivity contribution in [3.8, 4) is 17.2 Å². The van der Waals surface area contributed by atoms with Crippen molar-refractivity contribution in [1.29, 1.82) is 0 Å². The lowest BCUT2D eigenvalue weighted by Gasteiger charge is -2.15. The quantitative estimate of drug-likeness (QED) is 0.763. The number of hydrogen-bond donors (Lipinski definition) is 0. The van der Waals surface area contributed by atoms with Crippen LogP contribution < -0.4 is 14.2 Å². The molecule has 0 spiro atoms. The molecular formula is C12H17O3. The molecule has 1 rings (SSSR count). The van der Waals surface area contributed by atoms with E-state index in [1.807, 2.05) is 19.1 Å². The monoisotopic (exact) mass is 209 g/mol. The van der Waals surface area contributed by atoms with Gasteiger partial charge in [0.05, 0.1) is 21.3 Å². The van der Waals surface area contributed by atoms with Gasteiger partial charge in [0, 0.05) is 0 Å². The molecule has 0 saturated carbocycles. The highest BCUT2D eigenvalue weighted by atomic mass is 16.5. The lowest BCUT2D eigenvalue weighted by atomic mass is 10.0. The van der Waals surface area contributed by atoms with Gasteiger partial charge in [0.15, 0.2) is 11.5 Å². The molecule has 0 aliphatic rings. The molecule has 0 aromatic heterocycles. The van der Waals surface area contributed by atoms with Gasteiger partial charge in [-0.05, 0) is 30.5 Å². The van der Waals surface area contributed by atoms with Crippen LogP contribution >= 0.6 is 0 Å². The van der Waals surface area contributed by atoms with Gasteiger partial charge in [0.25, 0.3) is 0 Å². The van der Waals surface area contributed by atoms with E-state index in [1.54, 1.807) is 21.3 Å². The van der Waals surface area contributed by atoms with Gasteiger partial charge in [-0.1, -0.05) is 6.92 Å². The van der Waals surface area contributed by atoms with E-state index >= 15 is 0 Å². The average Bonchev–Trinajstić information content (AvgIpc) is 2.26. The fraction of sp³-hybridized carbons (Fsp3) is 0.417. The van der Waals surface area contributed by atoms with E-state index in [9.17, 15) is 0 Å². The predicted molar refractivity (Wildman–Crippen MR) is 59.9 cm³/mol. The largest absolute Gasteiger partial charge is 0.493 e. The second kappa shape index (κ2) is 4.91. The molecule has 0 heterocycles. The van der Waals surface area contributed by atoms with Gasteiger partial charge >= 0.3 is 0 Å². The minimum atomic E-state index is 0.179. The highest BCUT2D eigenvalue weighted by molar-refractivity contribution is 5.54. The molecule has 1 radical (unpaired) electrons. The third kappa shape index (κ3) is 2.35. The Morgan fingerprint density at radius 1 is 1.00 bits per heavy atom. The fourth-order valence-corrected chi connectivity index (χ4v) is 1.39. The van der Waals surface area contributed by atoms with Crippen LogP contribution in [0.2, 0.25) is 0 Å². The summed E-state index contributed by atoms with van der Waals surface area (Å²) in [6, 6.07) is 3.83. The summed E-state index contributed by atoms with van der Waals surface area (Å²) in [7, 11) is 4.80. The molecule has 0 aliphatic heterocycles. The number of hydrogen-bond acceptors (Lipinski definition) is 3. The van der Waals surface area contributed by atoms with Crippen LogP contribution in [0.5, 0.6) is 17.2 Å². The van der Waals surface area contributed by atoms with Crippen molar-refractivity contribution in [2.45, 2.75) is 12.8 Å². The first-order valence-corrected chi connectivity index (χ1v) is 4.77. The van der Waals surface area contributed by atoms with Gasteiger partial charge in [-0.2, -0.15) is 0 Å². The first-order valence-electron chi connectivity index (χ1n) is 4.77. The van der Waals surface area contributed by atoms with Gasteiger partial charge in [0.1, 0.15) is 0 Å². The van der Waals surface area contributed by atoms with Gasteiger partial charge in [0.2, 0.25) is 5.75 Å². The van der Waals surface area contributed by atoms with Gasteiger partial charge in [-0.3, -0.25) is 0 Å². The zero-order valence-electron chi connectivity index (χ0n) is 9.66. The first kappa shape index (κ1) is 11.7. The van der Waals surface area contributed by atoms with Gasteiger partial charge in [-0.25, -0.2) is 0 Å². The van der Waals surface area contributed by atoms with Gasteiger partial charge in [-0.15, -0.1) is 0 Å². The Morgan fingerprint density at radius 2 is 1.47 bits per heavy atom. The Hall–Kier alpha value is -1.38. The average molecular weight is 209 g/mol. The molecule has 0 N–H and O–H groups in total. The summed E-state index contributed by atoms with van der Waals surface area (Å²) in [4.78, 5) is 0. The summed E-state index contributed by atoms with van der Waals surface area (Å²) in [6.45, 7) is 5.98. The lowest BCUT2D eigenvalue weighted by Crippen LogP contribution is -1.98. The molecule has 1 unspecified atom stereocenters. The Balaban J connectivity index is 3.29. The van der Waals surface area contributed by atoms with E-state index < -0.39 is 0 Å². The summed E-state index contributed by atoms with van der Waals surface area (Å²) in [5.41, 5.74) is 1.06. The normalized spacial score (nSPS) is 10.3. The van der Waals surface area contributed by atoms with Crippen LogP contribution in [0.25, 0.3) is 0 Å². The summed E-state index contributed by atoms with van der Waals surface area (Å²) in [5, 5.41) is 0. The fourth-order valence-electron chi connectivity index (χ4n) is 1.39. The number of rotatable bonds is 4. The molecule has 0 amide bonds. The zero-order valence-corrected chi connectivity index (χ0v) is 9.66. The van der Waals surface area contributed by atoms with Crippen LogP contribution in [0.1, 0.15) is 18.4 Å². The molecule has 83 valence electrons. The summed E-state index contributed by atoms with van der Waals surface area (Å²) >= 11 is 0. The van der Waals surface area contributed by atoms with Crippen LogP contribution in [0, 0.1) is 6.92 Å². The van der Waals surface area contributed by atoms with Crippen LogP contribution in [0.15, 0.2) is 12.1 Å². The maximum Gasteiger partial charge on any atom is 0.203 e. The molecule has 0 fully saturated rings. The third-order valence-corrected chi connectivity index (χ3v) is 2.26. The van der Waals surface area contributed by atoms with Crippen LogP contribution in [0.3, 0.4) is 0 Å². The molecule has 15 heavy (non-hydrogen) atoms. The third-order valence-electron chi connectivity index (χ3n) is 2.26. The van der Waals surface area contributed by atoms with Crippen molar-refractivity contribution in [2.75, 3.05) is 21.3 Å². The van der Waals surface area contributed by atoms with E-state index in [0.717, 1.165) is 5.56 Å². The van der Waals surface area contributed by atoms with Crippen molar-refractivity contribution in [2.24, 2.45) is 0 Å². The Kier molecular flexibility index (Phi) is 3.83. The van der Waals surface area contributed by atoms with E-state index in [2.05, 4.69) is 6.92 Å². The Morgan fingerprint density at radius 3 is 1.73 bits per heavy atom. The van der Waals surface area contributed by atoms with E-state index in [1.165, 1.54) is 0 Å². The molecule has 1 atom stereocenters. The summed E-state index contributed by atoms with van der Waals surface area (Å²) in [5.74, 6) is 2.13. The van der Waals surface area contributed by atoms with E-state index in [0.29, 0.717) is 17.2 Å². The predicted octanol–water partition coefficient (Wildman–Crippen LogP) is 2.65. The molecule has 0 saturated heterocycles. The van der Waals surface area contributed by atoms with Crippen LogP contribution in [-0.4, -0.2) is 21.3 Å². The molecule has 3 heteroatoms. The minimum absolute atomic E-state index is 0.179. The van der Waals surface area contributed by atoms with E-state index in [4.69, 9.17) is 14.2 Å². The van der Waals surface area contributed by atoms with Crippen LogP contribution in [-0.2, 0) is 0 Å². The standard InChI is InChI=1S/C12H17O3/c1-8(2)9-6-10(13-3)12(15-5)11(7-9)14-4/h6-8H,1H2,2-5H3. The Labute approximate surface area is 91.0 Å². The van der Waals surface area contributed by atoms with Gasteiger partial charge < -0.3 is 14.2 Å². The van der Waals surface area contributed by atoms with Crippen molar-refractivity contribution >= 4 is 0 Å². The maximum absolute atomic E-state index is 5.24. The molecular weight excluding hydrogens is 192 g/mol. The molecule has 1 aromatic rings. The number of benzene rings is 1. The topological polar surface area (TPSA) is 27.7 Å². The van der Waals surface area contributed by atoms with Crippen molar-refractivity contribution in [3.63, 3.8) is 0 Å². The SMILES string of the molecule is [CH2]C(C)c1cc(OC)c(OC)c(OC)c1. The second-order valence-electron chi connectivity index (χ2n) is 3.36. The highest BCUT2D eigenvalue weighted by Gasteiger charge is 2.14. The van der Waals surface area contributed by atoms with Crippen LogP contribution in [0.4, 0.5) is 0 Å². The van der Waals surface area contributed by atoms with Crippen molar-refractivity contribution < 1.29 is 14.2 Å². The second-order valence-corrected chi connectivity index (χ2v) is 3.36. The Bertz CT molecular complexity index is 307. The van der Waals surface area contributed by atoms with E-state index in [-0.39, 0.29) is 5.92 Å². The zero-order chi connectivity index (χ0) is 11.4. The number of methoxy groups -OCH3 is 3. The summed E-state index contributed by atoms with van der Waals surface area (Å²) < 4.78 is 15.7. The molecule has 0 aliphatic carbocycles. The first-order chi connectivity index (χ1) is 7.13.